The van der Waals surface area contributed by atoms with Crippen LogP contribution in [-0.4, -0.2) is 27.7 Å². The topological polar surface area (TPSA) is 66.0 Å². The zero-order chi connectivity index (χ0) is 22.8. The third-order valence-corrected chi connectivity index (χ3v) is 5.24. The summed E-state index contributed by atoms with van der Waals surface area (Å²) in [6.45, 7) is 8.56. The van der Waals surface area contributed by atoms with Crippen molar-refractivity contribution in [2.75, 3.05) is 13.1 Å². The molecule has 5 nitrogen and oxygen atoms in total. The van der Waals surface area contributed by atoms with E-state index in [-0.39, 0.29) is 0 Å². The quantitative estimate of drug-likeness (QED) is 0.429. The number of rotatable bonds is 7. The maximum Gasteiger partial charge on any atom is 0.155 e. The highest BCUT2D eigenvalue weighted by Gasteiger charge is 2.09. The van der Waals surface area contributed by atoms with Crippen molar-refractivity contribution in [1.29, 1.82) is 5.26 Å². The molecule has 32 heavy (non-hydrogen) atoms. The number of fused-ring (bicyclic) bond motifs is 1. The first-order valence-corrected chi connectivity index (χ1v) is 11.3. The Morgan fingerprint density at radius 3 is 2.38 bits per heavy atom. The van der Waals surface area contributed by atoms with E-state index in [4.69, 9.17) is 4.98 Å². The molecule has 0 aliphatic rings. The minimum atomic E-state index is 0.698. The van der Waals surface area contributed by atoms with Crippen molar-refractivity contribution in [3.63, 3.8) is 0 Å². The van der Waals surface area contributed by atoms with Crippen LogP contribution in [0.3, 0.4) is 0 Å². The molecular formula is C27H31N5. The van der Waals surface area contributed by atoms with Crippen molar-refractivity contribution in [1.82, 2.24) is 19.9 Å². The number of hydrogen-bond donors (Lipinski definition) is 1. The largest absolute Gasteiger partial charge is 0.317 e. The van der Waals surface area contributed by atoms with Gasteiger partial charge in [-0.1, -0.05) is 69.7 Å². The first-order chi connectivity index (χ1) is 15.7. The molecule has 5 heteroatoms. The van der Waals surface area contributed by atoms with Gasteiger partial charge in [-0.25, -0.2) is 9.50 Å². The van der Waals surface area contributed by atoms with E-state index in [9.17, 15) is 5.26 Å². The van der Waals surface area contributed by atoms with Gasteiger partial charge in [0.15, 0.2) is 5.65 Å². The first kappa shape index (κ1) is 23.2. The van der Waals surface area contributed by atoms with Gasteiger partial charge in [0.2, 0.25) is 0 Å². The molecule has 0 saturated heterocycles. The summed E-state index contributed by atoms with van der Waals surface area (Å²) in [6, 6.07) is 20.3. The van der Waals surface area contributed by atoms with Crippen LogP contribution in [0.15, 0.2) is 67.0 Å². The molecule has 164 valence electrons. The van der Waals surface area contributed by atoms with Crippen LogP contribution in [0.1, 0.15) is 49.6 Å². The first-order valence-electron chi connectivity index (χ1n) is 11.3. The lowest BCUT2D eigenvalue weighted by molar-refractivity contribution is 0.762. The Kier molecular flexibility index (Phi) is 8.53. The van der Waals surface area contributed by atoms with E-state index in [2.05, 4.69) is 67.7 Å². The predicted octanol–water partition coefficient (Wildman–Crippen LogP) is 5.43. The molecule has 0 aliphatic heterocycles. The molecule has 0 spiro atoms. The Morgan fingerprint density at radius 2 is 1.72 bits per heavy atom. The summed E-state index contributed by atoms with van der Waals surface area (Å²) in [5.74, 6) is 0. The number of benzene rings is 2. The van der Waals surface area contributed by atoms with E-state index in [1.54, 1.807) is 6.20 Å². The van der Waals surface area contributed by atoms with Crippen molar-refractivity contribution in [3.05, 3.63) is 89.4 Å². The molecule has 1 N–H and O–H groups in total. The third kappa shape index (κ3) is 5.81. The summed E-state index contributed by atoms with van der Waals surface area (Å²) in [6.07, 6.45) is 6.71. The summed E-state index contributed by atoms with van der Waals surface area (Å²) in [5, 5.41) is 16.7. The van der Waals surface area contributed by atoms with Crippen molar-refractivity contribution < 1.29 is 0 Å². The number of nitriles is 1. The maximum absolute atomic E-state index is 9.31. The van der Waals surface area contributed by atoms with E-state index in [1.807, 2.05) is 34.8 Å². The standard InChI is InChI=1S/C23H20N4.C4H11N/c1-2-5-22-20(16-27-23(26-22)12-13-25-27)14-17-8-10-18(11-9-17)21-7-4-3-6-19(21)15-24;1-3-5-4-2/h3-4,6-13,16H,2,5,14H2,1H3;5H,3-4H2,1-2H3. The number of nitrogens with zero attached hydrogens (tertiary/aromatic N) is 4. The highest BCUT2D eigenvalue weighted by molar-refractivity contribution is 5.70. The molecule has 4 rings (SSSR count). The van der Waals surface area contributed by atoms with Crippen LogP contribution in [0.25, 0.3) is 16.8 Å². The van der Waals surface area contributed by atoms with Gasteiger partial charge in [0.1, 0.15) is 0 Å². The molecule has 0 amide bonds. The van der Waals surface area contributed by atoms with Gasteiger partial charge in [-0.3, -0.25) is 0 Å². The Balaban J connectivity index is 0.000000523. The molecule has 2 heterocycles. The van der Waals surface area contributed by atoms with Crippen LogP contribution in [0.4, 0.5) is 0 Å². The highest BCUT2D eigenvalue weighted by atomic mass is 15.2. The van der Waals surface area contributed by atoms with Crippen LogP contribution in [0.5, 0.6) is 0 Å². The normalized spacial score (nSPS) is 10.4. The van der Waals surface area contributed by atoms with Gasteiger partial charge in [-0.2, -0.15) is 10.4 Å². The lowest BCUT2D eigenvalue weighted by atomic mass is 9.97. The fourth-order valence-electron chi connectivity index (χ4n) is 3.63. The second-order valence-corrected chi connectivity index (χ2v) is 7.59. The van der Waals surface area contributed by atoms with Gasteiger partial charge in [0.25, 0.3) is 0 Å². The Hall–Kier alpha value is -3.49. The molecule has 0 atom stereocenters. The summed E-state index contributed by atoms with van der Waals surface area (Å²) in [5.41, 5.74) is 7.19. The zero-order valence-corrected chi connectivity index (χ0v) is 19.2. The van der Waals surface area contributed by atoms with E-state index >= 15 is 0 Å². The fourth-order valence-corrected chi connectivity index (χ4v) is 3.63. The summed E-state index contributed by atoms with van der Waals surface area (Å²) in [4.78, 5) is 4.77. The molecular weight excluding hydrogens is 394 g/mol. The molecule has 0 fully saturated rings. The molecule has 2 aromatic heterocycles. The molecule has 0 bridgehead atoms. The van der Waals surface area contributed by atoms with Gasteiger partial charge in [-0.15, -0.1) is 0 Å². The van der Waals surface area contributed by atoms with Crippen LogP contribution < -0.4 is 5.32 Å². The zero-order valence-electron chi connectivity index (χ0n) is 19.2. The lowest BCUT2D eigenvalue weighted by Gasteiger charge is -2.10. The molecule has 0 aliphatic carbocycles. The minimum absolute atomic E-state index is 0.698. The van der Waals surface area contributed by atoms with Crippen molar-refractivity contribution in [2.45, 2.75) is 40.0 Å². The maximum atomic E-state index is 9.31. The van der Waals surface area contributed by atoms with Crippen LogP contribution in [-0.2, 0) is 12.8 Å². The lowest BCUT2D eigenvalue weighted by Crippen LogP contribution is -2.09. The second kappa shape index (κ2) is 11.8. The van der Waals surface area contributed by atoms with Gasteiger partial charge in [0, 0.05) is 24.4 Å². The predicted molar refractivity (Wildman–Crippen MR) is 131 cm³/mol. The molecule has 0 saturated carbocycles. The van der Waals surface area contributed by atoms with E-state index < -0.39 is 0 Å². The number of hydrogen-bond acceptors (Lipinski definition) is 4. The van der Waals surface area contributed by atoms with Crippen molar-refractivity contribution >= 4 is 5.65 Å². The fraction of sp³-hybridized carbons (Fsp3) is 0.296. The summed E-state index contributed by atoms with van der Waals surface area (Å²) < 4.78 is 1.84. The Bertz CT molecular complexity index is 1170. The number of aromatic nitrogens is 3. The van der Waals surface area contributed by atoms with Gasteiger partial charge < -0.3 is 5.32 Å². The SMILES string of the molecule is CCCc1nc2ccnn2cc1Cc1ccc(-c2ccccc2C#N)cc1.CCNCC. The second-order valence-electron chi connectivity index (χ2n) is 7.59. The molecule has 0 radical (unpaired) electrons. The van der Waals surface area contributed by atoms with Crippen LogP contribution in [0, 0.1) is 11.3 Å². The average molecular weight is 426 g/mol. The molecule has 2 aromatic carbocycles. The number of aryl methyl sites for hydroxylation is 1. The van der Waals surface area contributed by atoms with Crippen LogP contribution in [0.2, 0.25) is 0 Å². The Morgan fingerprint density at radius 1 is 0.969 bits per heavy atom. The van der Waals surface area contributed by atoms with E-state index in [0.29, 0.717) is 5.56 Å². The number of nitrogens with one attached hydrogen (secondary N) is 1. The monoisotopic (exact) mass is 425 g/mol. The minimum Gasteiger partial charge on any atom is -0.317 e. The van der Waals surface area contributed by atoms with Crippen molar-refractivity contribution in [2.24, 2.45) is 0 Å². The summed E-state index contributed by atoms with van der Waals surface area (Å²) in [7, 11) is 0. The Labute approximate surface area is 190 Å². The van der Waals surface area contributed by atoms with Gasteiger partial charge >= 0.3 is 0 Å². The van der Waals surface area contributed by atoms with Gasteiger partial charge in [-0.05, 0) is 47.8 Å². The molecule has 0 unspecified atom stereocenters. The smallest absolute Gasteiger partial charge is 0.155 e. The summed E-state index contributed by atoms with van der Waals surface area (Å²) >= 11 is 0. The van der Waals surface area contributed by atoms with E-state index in [1.165, 1.54) is 11.1 Å². The highest BCUT2D eigenvalue weighted by Crippen LogP contribution is 2.24. The average Bonchev–Trinajstić information content (AvgIpc) is 3.28. The van der Waals surface area contributed by atoms with E-state index in [0.717, 1.165) is 54.8 Å². The molecule has 4 aromatic rings. The van der Waals surface area contributed by atoms with Crippen LogP contribution >= 0.6 is 0 Å². The third-order valence-electron chi connectivity index (χ3n) is 5.24. The van der Waals surface area contributed by atoms with Crippen molar-refractivity contribution in [3.8, 4) is 17.2 Å². The van der Waals surface area contributed by atoms with Gasteiger partial charge in [0.05, 0.1) is 17.8 Å².